The summed E-state index contributed by atoms with van der Waals surface area (Å²) in [7, 11) is 0. The molecule has 1 aliphatic heterocycles. The van der Waals surface area contributed by atoms with E-state index in [2.05, 4.69) is 43.6 Å². The Morgan fingerprint density at radius 1 is 1.00 bits per heavy atom. The monoisotopic (exact) mass is 405 g/mol. The first-order valence-corrected chi connectivity index (χ1v) is 10.2. The van der Waals surface area contributed by atoms with Gasteiger partial charge in [0.15, 0.2) is 11.6 Å². The number of aliphatic hydroxyl groups excluding tert-OH is 1. The summed E-state index contributed by atoms with van der Waals surface area (Å²) in [5, 5.41) is 9.84. The summed E-state index contributed by atoms with van der Waals surface area (Å²) < 4.78 is 0. The molecule has 2 aromatic heterocycles. The second-order valence-corrected chi connectivity index (χ2v) is 8.21. The normalized spacial score (nSPS) is 17.1. The fourth-order valence-corrected chi connectivity index (χ4v) is 3.79. The molecule has 0 unspecified atom stereocenters. The molecule has 3 aromatic rings. The zero-order chi connectivity index (χ0) is 21.3. The molecule has 8 heteroatoms. The van der Waals surface area contributed by atoms with E-state index >= 15 is 0 Å². The van der Waals surface area contributed by atoms with Crippen LogP contribution < -0.4 is 9.80 Å². The van der Waals surface area contributed by atoms with Gasteiger partial charge in [0, 0.05) is 31.4 Å². The maximum Gasteiger partial charge on any atom is 0.229 e. The first-order chi connectivity index (χ1) is 14.3. The third-order valence-electron chi connectivity index (χ3n) is 5.26. The van der Waals surface area contributed by atoms with Crippen molar-refractivity contribution in [3.05, 3.63) is 54.2 Å². The van der Waals surface area contributed by atoms with Crippen molar-refractivity contribution in [2.45, 2.75) is 39.3 Å². The highest BCUT2D eigenvalue weighted by Crippen LogP contribution is 2.29. The standard InChI is InChI=1S/C22H27N7O/c1-15(30)19-23-11-10-18(26-19)29-13-12-28(14-22(29,3)4)21-25-16(2)24-20(27-21)17-8-6-5-7-9-17/h5-11,15,30H,12-14H2,1-4H3/t15-/m1/s1. The number of hydrogen-bond acceptors (Lipinski definition) is 8. The molecular formula is C22H27N7O. The van der Waals surface area contributed by atoms with Crippen LogP contribution in [0.5, 0.6) is 0 Å². The predicted molar refractivity (Wildman–Crippen MR) is 116 cm³/mol. The second kappa shape index (κ2) is 7.95. The van der Waals surface area contributed by atoms with Crippen molar-refractivity contribution < 1.29 is 5.11 Å². The fourth-order valence-electron chi connectivity index (χ4n) is 3.79. The Labute approximate surface area is 176 Å². The maximum absolute atomic E-state index is 9.84. The average molecular weight is 406 g/mol. The Balaban J connectivity index is 1.60. The van der Waals surface area contributed by atoms with E-state index < -0.39 is 6.10 Å². The Morgan fingerprint density at radius 2 is 1.77 bits per heavy atom. The summed E-state index contributed by atoms with van der Waals surface area (Å²) in [6.45, 7) is 10.2. The Hall–Kier alpha value is -3.13. The quantitative estimate of drug-likeness (QED) is 0.709. The van der Waals surface area contributed by atoms with Crippen molar-refractivity contribution in [2.24, 2.45) is 0 Å². The van der Waals surface area contributed by atoms with Crippen molar-refractivity contribution in [1.82, 2.24) is 24.9 Å². The lowest BCUT2D eigenvalue weighted by Crippen LogP contribution is -2.60. The molecule has 1 saturated heterocycles. The molecule has 30 heavy (non-hydrogen) atoms. The molecular weight excluding hydrogens is 378 g/mol. The first-order valence-electron chi connectivity index (χ1n) is 10.2. The van der Waals surface area contributed by atoms with Crippen molar-refractivity contribution in [3.8, 4) is 11.4 Å². The van der Waals surface area contributed by atoms with Crippen LogP contribution in [0.2, 0.25) is 0 Å². The second-order valence-electron chi connectivity index (χ2n) is 8.21. The summed E-state index contributed by atoms with van der Waals surface area (Å²) in [4.78, 5) is 27.1. The van der Waals surface area contributed by atoms with Gasteiger partial charge in [-0.15, -0.1) is 0 Å². The van der Waals surface area contributed by atoms with Crippen LogP contribution in [0.1, 0.15) is 38.5 Å². The van der Waals surface area contributed by atoms with E-state index in [0.717, 1.165) is 31.0 Å². The number of aromatic nitrogens is 5. The maximum atomic E-state index is 9.84. The molecule has 156 valence electrons. The smallest absolute Gasteiger partial charge is 0.229 e. The number of anilines is 2. The Bertz CT molecular complexity index is 1020. The van der Waals surface area contributed by atoms with Crippen molar-refractivity contribution in [1.29, 1.82) is 0 Å². The van der Waals surface area contributed by atoms with Gasteiger partial charge in [0.05, 0.1) is 5.54 Å². The third-order valence-corrected chi connectivity index (χ3v) is 5.26. The minimum absolute atomic E-state index is 0.212. The molecule has 8 nitrogen and oxygen atoms in total. The van der Waals surface area contributed by atoms with Crippen molar-refractivity contribution >= 4 is 11.8 Å². The Kier molecular flexibility index (Phi) is 5.34. The summed E-state index contributed by atoms with van der Waals surface area (Å²) >= 11 is 0. The number of hydrogen-bond donors (Lipinski definition) is 1. The lowest BCUT2D eigenvalue weighted by Gasteiger charge is -2.47. The minimum Gasteiger partial charge on any atom is -0.385 e. The van der Waals surface area contributed by atoms with Gasteiger partial charge >= 0.3 is 0 Å². The molecule has 0 spiro atoms. The fraction of sp³-hybridized carbons (Fsp3) is 0.409. The van der Waals surface area contributed by atoms with Gasteiger partial charge in [-0.05, 0) is 33.8 Å². The number of aliphatic hydroxyl groups is 1. The summed E-state index contributed by atoms with van der Waals surface area (Å²) in [5.74, 6) is 3.35. The molecule has 0 aliphatic carbocycles. The first kappa shape index (κ1) is 20.2. The van der Waals surface area contributed by atoms with Crippen LogP contribution in [0.4, 0.5) is 11.8 Å². The van der Waals surface area contributed by atoms with E-state index in [1.165, 1.54) is 0 Å². The number of rotatable bonds is 4. The predicted octanol–water partition coefficient (Wildman–Crippen LogP) is 2.80. The summed E-state index contributed by atoms with van der Waals surface area (Å²) in [6.07, 6.45) is 1.01. The van der Waals surface area contributed by atoms with Crippen LogP contribution in [-0.4, -0.2) is 55.2 Å². The van der Waals surface area contributed by atoms with Gasteiger partial charge in [-0.25, -0.2) is 15.0 Å². The molecule has 3 heterocycles. The van der Waals surface area contributed by atoms with Crippen LogP contribution in [-0.2, 0) is 0 Å². The van der Waals surface area contributed by atoms with Gasteiger partial charge in [0.2, 0.25) is 5.95 Å². The highest BCUT2D eigenvalue weighted by molar-refractivity contribution is 5.56. The minimum atomic E-state index is -0.695. The van der Waals surface area contributed by atoms with E-state index in [4.69, 9.17) is 4.98 Å². The van der Waals surface area contributed by atoms with Gasteiger partial charge in [-0.1, -0.05) is 30.3 Å². The topological polar surface area (TPSA) is 91.2 Å². The molecule has 1 fully saturated rings. The number of nitrogens with zero attached hydrogens (tertiary/aromatic N) is 7. The van der Waals surface area contributed by atoms with Crippen LogP contribution in [0, 0.1) is 6.92 Å². The van der Waals surface area contributed by atoms with E-state index in [1.54, 1.807) is 13.1 Å². The van der Waals surface area contributed by atoms with Crippen LogP contribution in [0.3, 0.4) is 0 Å². The SMILES string of the molecule is Cc1nc(-c2ccccc2)nc(N2CCN(c3ccnc([C@@H](C)O)n3)C(C)(C)C2)n1. The zero-order valence-corrected chi connectivity index (χ0v) is 17.8. The van der Waals surface area contributed by atoms with Gasteiger partial charge in [-0.3, -0.25) is 0 Å². The van der Waals surface area contributed by atoms with Crippen molar-refractivity contribution in [2.75, 3.05) is 29.4 Å². The molecule has 1 N–H and O–H groups in total. The Morgan fingerprint density at radius 3 is 2.47 bits per heavy atom. The van der Waals surface area contributed by atoms with Crippen molar-refractivity contribution in [3.63, 3.8) is 0 Å². The molecule has 4 rings (SSSR count). The molecule has 0 amide bonds. The van der Waals surface area contributed by atoms with E-state index in [1.807, 2.05) is 43.3 Å². The van der Waals surface area contributed by atoms with E-state index in [0.29, 0.717) is 23.4 Å². The lowest BCUT2D eigenvalue weighted by atomic mass is 9.99. The largest absolute Gasteiger partial charge is 0.385 e. The van der Waals surface area contributed by atoms with Gasteiger partial charge in [0.25, 0.3) is 0 Å². The number of piperazine rings is 1. The summed E-state index contributed by atoms with van der Waals surface area (Å²) in [5.41, 5.74) is 0.768. The molecule has 1 aliphatic rings. The van der Waals surface area contributed by atoms with E-state index in [9.17, 15) is 5.11 Å². The zero-order valence-electron chi connectivity index (χ0n) is 17.8. The van der Waals surface area contributed by atoms with Crippen LogP contribution in [0.25, 0.3) is 11.4 Å². The summed E-state index contributed by atoms with van der Waals surface area (Å²) in [6, 6.07) is 11.9. The third kappa shape index (κ3) is 4.09. The number of aryl methyl sites for hydroxylation is 1. The van der Waals surface area contributed by atoms with Gasteiger partial charge < -0.3 is 14.9 Å². The van der Waals surface area contributed by atoms with Crippen LogP contribution >= 0.6 is 0 Å². The highest BCUT2D eigenvalue weighted by Gasteiger charge is 2.36. The van der Waals surface area contributed by atoms with Gasteiger partial charge in [0.1, 0.15) is 17.7 Å². The molecule has 0 bridgehead atoms. The molecule has 0 saturated carbocycles. The molecule has 0 radical (unpaired) electrons. The molecule has 1 atom stereocenters. The highest BCUT2D eigenvalue weighted by atomic mass is 16.3. The average Bonchev–Trinajstić information content (AvgIpc) is 2.73. The van der Waals surface area contributed by atoms with E-state index in [-0.39, 0.29) is 5.54 Å². The molecule has 1 aromatic carbocycles. The van der Waals surface area contributed by atoms with Crippen LogP contribution in [0.15, 0.2) is 42.6 Å². The number of benzene rings is 1. The van der Waals surface area contributed by atoms with Gasteiger partial charge in [-0.2, -0.15) is 9.97 Å². The lowest BCUT2D eigenvalue weighted by molar-refractivity contribution is 0.188.